The van der Waals surface area contributed by atoms with Gasteiger partial charge in [0, 0.05) is 13.1 Å². The fourth-order valence-corrected chi connectivity index (χ4v) is 2.89. The molecule has 2 bridgehead atoms. The Morgan fingerprint density at radius 3 is 3.20 bits per heavy atom. The Kier molecular flexibility index (Phi) is 2.98. The van der Waals surface area contributed by atoms with Crippen molar-refractivity contribution in [3.05, 3.63) is 0 Å². The molecule has 0 spiro atoms. The molecule has 2 N–H and O–H groups in total. The van der Waals surface area contributed by atoms with Crippen LogP contribution in [0.15, 0.2) is 0 Å². The Labute approximate surface area is 90.0 Å². The molecule has 0 radical (unpaired) electrons. The third-order valence-electron chi connectivity index (χ3n) is 3.74. The van der Waals surface area contributed by atoms with Crippen molar-refractivity contribution in [3.63, 3.8) is 0 Å². The number of aliphatic hydroxyl groups excluding tert-OH is 1. The van der Waals surface area contributed by atoms with Gasteiger partial charge in [-0.05, 0) is 25.7 Å². The van der Waals surface area contributed by atoms with Crippen LogP contribution in [0.3, 0.4) is 0 Å². The zero-order valence-corrected chi connectivity index (χ0v) is 9.16. The van der Waals surface area contributed by atoms with E-state index in [1.54, 1.807) is 6.92 Å². The lowest BCUT2D eigenvalue weighted by Gasteiger charge is -2.47. The number of ether oxygens (including phenoxy) is 1. The van der Waals surface area contributed by atoms with Crippen molar-refractivity contribution >= 4 is 5.97 Å². The van der Waals surface area contributed by atoms with Crippen LogP contribution in [0.4, 0.5) is 0 Å². The first kappa shape index (κ1) is 10.9. The van der Waals surface area contributed by atoms with Crippen LogP contribution in [-0.2, 0) is 9.53 Å². The molecule has 2 rings (SSSR count). The molecule has 0 aromatic carbocycles. The van der Waals surface area contributed by atoms with Crippen LogP contribution < -0.4 is 5.32 Å². The molecular weight excluding hydrogens is 194 g/mol. The normalized spacial score (nSPS) is 39.9. The predicted molar refractivity (Wildman–Crippen MR) is 55.3 cm³/mol. The van der Waals surface area contributed by atoms with Crippen LogP contribution in [0, 0.1) is 11.3 Å². The molecule has 0 amide bonds. The van der Waals surface area contributed by atoms with Gasteiger partial charge < -0.3 is 15.2 Å². The number of hydrogen-bond acceptors (Lipinski definition) is 4. The van der Waals surface area contributed by atoms with Gasteiger partial charge in [-0.2, -0.15) is 0 Å². The van der Waals surface area contributed by atoms with Crippen molar-refractivity contribution in [2.75, 3.05) is 19.7 Å². The van der Waals surface area contributed by atoms with Crippen molar-refractivity contribution in [3.8, 4) is 0 Å². The first-order valence-corrected chi connectivity index (χ1v) is 5.76. The van der Waals surface area contributed by atoms with E-state index >= 15 is 0 Å². The molecule has 2 aliphatic rings. The van der Waals surface area contributed by atoms with Gasteiger partial charge in [-0.15, -0.1) is 0 Å². The van der Waals surface area contributed by atoms with E-state index in [0.29, 0.717) is 13.2 Å². The van der Waals surface area contributed by atoms with Gasteiger partial charge in [0.25, 0.3) is 0 Å². The maximum absolute atomic E-state index is 11.9. The fourth-order valence-electron chi connectivity index (χ4n) is 2.89. The van der Waals surface area contributed by atoms with E-state index in [9.17, 15) is 9.90 Å². The number of carbonyl (C=O) groups is 1. The molecule has 2 fully saturated rings. The lowest BCUT2D eigenvalue weighted by atomic mass is 9.65. The van der Waals surface area contributed by atoms with Crippen molar-refractivity contribution in [2.45, 2.75) is 32.3 Å². The summed E-state index contributed by atoms with van der Waals surface area (Å²) in [6.45, 7) is 3.57. The van der Waals surface area contributed by atoms with E-state index in [2.05, 4.69) is 5.32 Å². The highest BCUT2D eigenvalue weighted by molar-refractivity contribution is 5.78. The summed E-state index contributed by atoms with van der Waals surface area (Å²) in [5.74, 6) is -0.00805. The maximum atomic E-state index is 11.9. The molecule has 0 aromatic rings. The molecule has 3 atom stereocenters. The van der Waals surface area contributed by atoms with Crippen LogP contribution in [0.2, 0.25) is 0 Å². The summed E-state index contributed by atoms with van der Waals surface area (Å²) >= 11 is 0. The third-order valence-corrected chi connectivity index (χ3v) is 3.74. The fraction of sp³-hybridized carbons (Fsp3) is 0.909. The van der Waals surface area contributed by atoms with E-state index < -0.39 is 11.5 Å². The van der Waals surface area contributed by atoms with Crippen molar-refractivity contribution < 1.29 is 14.6 Å². The number of hydrogen-bond donors (Lipinski definition) is 2. The number of fused-ring (bicyclic) bond motifs is 2. The van der Waals surface area contributed by atoms with Gasteiger partial charge in [0.2, 0.25) is 0 Å². The van der Waals surface area contributed by atoms with E-state index in [-0.39, 0.29) is 11.9 Å². The number of nitrogens with one attached hydrogen (secondary N) is 1. The van der Waals surface area contributed by atoms with Crippen LogP contribution >= 0.6 is 0 Å². The quantitative estimate of drug-likeness (QED) is 0.648. The number of esters is 1. The zero-order valence-electron chi connectivity index (χ0n) is 9.16. The maximum Gasteiger partial charge on any atom is 0.316 e. The summed E-state index contributed by atoms with van der Waals surface area (Å²) in [6, 6.07) is 0. The van der Waals surface area contributed by atoms with Gasteiger partial charge in [-0.3, -0.25) is 4.79 Å². The highest BCUT2D eigenvalue weighted by Crippen LogP contribution is 2.42. The van der Waals surface area contributed by atoms with Crippen molar-refractivity contribution in [1.82, 2.24) is 5.32 Å². The van der Waals surface area contributed by atoms with Crippen LogP contribution in [0.5, 0.6) is 0 Å². The minimum absolute atomic E-state index is 0.219. The van der Waals surface area contributed by atoms with Crippen molar-refractivity contribution in [1.29, 1.82) is 0 Å². The average molecular weight is 213 g/mol. The van der Waals surface area contributed by atoms with Crippen molar-refractivity contribution in [2.24, 2.45) is 11.3 Å². The predicted octanol–water partition coefficient (Wildman–Crippen LogP) is 0.300. The lowest BCUT2D eigenvalue weighted by molar-refractivity contribution is -0.173. The molecule has 1 heterocycles. The molecule has 4 heteroatoms. The summed E-state index contributed by atoms with van der Waals surface area (Å²) in [7, 11) is 0. The Bertz CT molecular complexity index is 244. The van der Waals surface area contributed by atoms with Gasteiger partial charge >= 0.3 is 5.97 Å². The molecule has 1 aliphatic carbocycles. The number of piperidine rings is 1. The van der Waals surface area contributed by atoms with Gasteiger partial charge in [-0.25, -0.2) is 0 Å². The smallest absolute Gasteiger partial charge is 0.316 e. The minimum atomic E-state index is -0.669. The Balaban J connectivity index is 2.19. The number of rotatable bonds is 2. The molecule has 1 saturated heterocycles. The summed E-state index contributed by atoms with van der Waals surface area (Å²) < 4.78 is 5.09. The van der Waals surface area contributed by atoms with E-state index in [0.717, 1.165) is 25.8 Å². The molecule has 1 saturated carbocycles. The Morgan fingerprint density at radius 2 is 2.47 bits per heavy atom. The van der Waals surface area contributed by atoms with Gasteiger partial charge in [-0.1, -0.05) is 6.42 Å². The Morgan fingerprint density at radius 1 is 1.67 bits per heavy atom. The molecule has 86 valence electrons. The largest absolute Gasteiger partial charge is 0.465 e. The average Bonchev–Trinajstić information content (AvgIpc) is 2.18. The summed E-state index contributed by atoms with van der Waals surface area (Å²) in [6.07, 6.45) is 2.25. The number of carbonyl (C=O) groups excluding carboxylic acids is 1. The molecule has 15 heavy (non-hydrogen) atoms. The van der Waals surface area contributed by atoms with E-state index in [1.165, 1.54) is 0 Å². The second kappa shape index (κ2) is 4.10. The molecular formula is C11H19NO3. The standard InChI is InChI=1S/C11H19NO3/c1-2-15-10(14)11-5-3-4-8(9(11)13)6-12-7-11/h8-9,12-13H,2-7H2,1H3. The topological polar surface area (TPSA) is 58.6 Å². The third kappa shape index (κ3) is 1.66. The van der Waals surface area contributed by atoms with Gasteiger partial charge in [0.1, 0.15) is 5.41 Å². The van der Waals surface area contributed by atoms with Crippen LogP contribution in [0.1, 0.15) is 26.2 Å². The van der Waals surface area contributed by atoms with Crippen LogP contribution in [-0.4, -0.2) is 36.9 Å². The highest BCUT2D eigenvalue weighted by atomic mass is 16.5. The van der Waals surface area contributed by atoms with Gasteiger partial charge in [0.15, 0.2) is 0 Å². The minimum Gasteiger partial charge on any atom is -0.465 e. The molecule has 0 aromatic heterocycles. The zero-order chi connectivity index (χ0) is 10.9. The van der Waals surface area contributed by atoms with Crippen LogP contribution in [0.25, 0.3) is 0 Å². The lowest BCUT2D eigenvalue weighted by Crippen LogP contribution is -2.61. The molecule has 1 aliphatic heterocycles. The molecule has 3 unspecified atom stereocenters. The second-order valence-corrected chi connectivity index (χ2v) is 4.60. The first-order valence-electron chi connectivity index (χ1n) is 5.76. The summed E-state index contributed by atoms with van der Waals surface area (Å²) in [5, 5.41) is 13.4. The Hall–Kier alpha value is -0.610. The SMILES string of the molecule is CCOC(=O)C12CCCC(CNC1)C2O. The number of aliphatic hydroxyl groups is 1. The first-order chi connectivity index (χ1) is 7.20. The summed E-state index contributed by atoms with van der Waals surface area (Å²) in [5.41, 5.74) is -0.669. The monoisotopic (exact) mass is 213 g/mol. The van der Waals surface area contributed by atoms with E-state index in [1.807, 2.05) is 0 Å². The van der Waals surface area contributed by atoms with Gasteiger partial charge in [0.05, 0.1) is 12.7 Å². The summed E-state index contributed by atoms with van der Waals surface area (Å²) in [4.78, 5) is 11.9. The molecule has 4 nitrogen and oxygen atoms in total. The van der Waals surface area contributed by atoms with E-state index in [4.69, 9.17) is 4.74 Å². The second-order valence-electron chi connectivity index (χ2n) is 4.60. The highest BCUT2D eigenvalue weighted by Gasteiger charge is 2.53.